The van der Waals surface area contributed by atoms with Gasteiger partial charge in [0.1, 0.15) is 0 Å². The Morgan fingerprint density at radius 2 is 0.654 bits per heavy atom. The summed E-state index contributed by atoms with van der Waals surface area (Å²) < 4.78 is 33.3. The molecule has 26 heavy (non-hydrogen) atoms. The van der Waals surface area contributed by atoms with E-state index in [1.54, 1.807) is 0 Å². The third-order valence-corrected chi connectivity index (χ3v) is 5.16. The molecule has 4 aliphatic rings. The first kappa shape index (κ1) is 20.5. The molecule has 4 atom stereocenters. The fraction of sp³-hybridized carbons (Fsp3) is 1.00. The van der Waals surface area contributed by atoms with Crippen molar-refractivity contribution in [3.63, 3.8) is 0 Å². The summed E-state index contributed by atoms with van der Waals surface area (Å²) in [5, 5.41) is 0. The molecule has 4 unspecified atom stereocenters. The Kier molecular flexibility index (Phi) is 9.67. The Balaban J connectivity index is 0.000000151. The van der Waals surface area contributed by atoms with Gasteiger partial charge in [0.05, 0.1) is 0 Å². The van der Waals surface area contributed by atoms with Gasteiger partial charge in [0.2, 0.25) is 0 Å². The minimum Gasteiger partial charge on any atom is -0.353 e. The smallest absolute Gasteiger partial charge is 0.160 e. The van der Waals surface area contributed by atoms with Gasteiger partial charge in [0, 0.05) is 26.4 Å². The molecule has 0 radical (unpaired) electrons. The molecule has 0 aromatic carbocycles. The maximum Gasteiger partial charge on any atom is 0.160 e. The molecule has 0 spiro atoms. The van der Waals surface area contributed by atoms with Gasteiger partial charge in [-0.25, -0.2) is 0 Å². The van der Waals surface area contributed by atoms with Gasteiger partial charge in [-0.05, 0) is 77.0 Å². The highest BCUT2D eigenvalue weighted by atomic mass is 16.8. The molecule has 6 heteroatoms. The minimum absolute atomic E-state index is 0.00292. The van der Waals surface area contributed by atoms with E-state index in [1.807, 2.05) is 0 Å². The van der Waals surface area contributed by atoms with Gasteiger partial charge < -0.3 is 28.4 Å². The number of rotatable bonds is 4. The quantitative estimate of drug-likeness (QED) is 0.740. The normalized spacial score (nSPS) is 36.0. The Bertz CT molecular complexity index is 276. The average Bonchev–Trinajstić information content (AvgIpc) is 2.72. The molecule has 0 aromatic rings. The summed E-state index contributed by atoms with van der Waals surface area (Å²) >= 11 is 0. The lowest BCUT2D eigenvalue weighted by Crippen LogP contribution is -2.31. The SMILES string of the molecule is C1CCC(OC2CCCCO2)OC1.C1CCC(OC2CCCCO2)OC1. The molecule has 0 aliphatic carbocycles. The van der Waals surface area contributed by atoms with Gasteiger partial charge in [-0.2, -0.15) is 0 Å². The molecule has 4 fully saturated rings. The van der Waals surface area contributed by atoms with Crippen LogP contribution < -0.4 is 0 Å². The third-order valence-electron chi connectivity index (χ3n) is 5.16. The fourth-order valence-corrected chi connectivity index (χ4v) is 3.61. The monoisotopic (exact) mass is 372 g/mol. The van der Waals surface area contributed by atoms with Crippen LogP contribution in [0.1, 0.15) is 77.0 Å². The lowest BCUT2D eigenvalue weighted by Gasteiger charge is -2.29. The molecule has 4 aliphatic heterocycles. The summed E-state index contributed by atoms with van der Waals surface area (Å²) in [7, 11) is 0. The zero-order chi connectivity index (χ0) is 17.9. The van der Waals surface area contributed by atoms with Crippen molar-refractivity contribution in [2.45, 2.75) is 102 Å². The summed E-state index contributed by atoms with van der Waals surface area (Å²) in [4.78, 5) is 0. The zero-order valence-electron chi connectivity index (χ0n) is 16.1. The van der Waals surface area contributed by atoms with E-state index in [1.165, 1.54) is 51.4 Å². The lowest BCUT2D eigenvalue weighted by molar-refractivity contribution is -0.264. The fourth-order valence-electron chi connectivity index (χ4n) is 3.61. The molecule has 6 nitrogen and oxygen atoms in total. The Morgan fingerprint density at radius 3 is 0.846 bits per heavy atom. The van der Waals surface area contributed by atoms with Crippen molar-refractivity contribution >= 4 is 0 Å². The number of hydrogen-bond acceptors (Lipinski definition) is 6. The van der Waals surface area contributed by atoms with Crippen molar-refractivity contribution in [1.29, 1.82) is 0 Å². The number of ether oxygens (including phenoxy) is 6. The summed E-state index contributed by atoms with van der Waals surface area (Å²) in [5.41, 5.74) is 0. The highest BCUT2D eigenvalue weighted by Gasteiger charge is 2.22. The van der Waals surface area contributed by atoms with Gasteiger partial charge in [-0.1, -0.05) is 0 Å². The van der Waals surface area contributed by atoms with Crippen molar-refractivity contribution in [3.05, 3.63) is 0 Å². The molecular formula is C20H36O6. The molecule has 4 heterocycles. The maximum atomic E-state index is 5.69. The molecule has 0 bridgehead atoms. The Hall–Kier alpha value is -0.240. The van der Waals surface area contributed by atoms with E-state index in [4.69, 9.17) is 28.4 Å². The second kappa shape index (κ2) is 12.3. The van der Waals surface area contributed by atoms with E-state index >= 15 is 0 Å². The van der Waals surface area contributed by atoms with E-state index in [0.29, 0.717) is 0 Å². The first-order chi connectivity index (χ1) is 12.9. The standard InChI is InChI=1S/2C10H18O3/c2*1-3-7-11-9(5-1)13-10-6-2-4-8-12-10/h2*9-10H,1-8H2. The highest BCUT2D eigenvalue weighted by Crippen LogP contribution is 2.21. The Labute approximate surface area is 157 Å². The zero-order valence-corrected chi connectivity index (χ0v) is 16.1. The van der Waals surface area contributed by atoms with Crippen molar-refractivity contribution in [1.82, 2.24) is 0 Å². The van der Waals surface area contributed by atoms with Crippen LogP contribution in [-0.4, -0.2) is 51.6 Å². The summed E-state index contributed by atoms with van der Waals surface area (Å²) in [6.07, 6.45) is 13.7. The van der Waals surface area contributed by atoms with Gasteiger partial charge in [0.15, 0.2) is 25.2 Å². The first-order valence-electron chi connectivity index (χ1n) is 10.7. The van der Waals surface area contributed by atoms with E-state index in [9.17, 15) is 0 Å². The number of hydrogen-bond donors (Lipinski definition) is 0. The van der Waals surface area contributed by atoms with Crippen LogP contribution in [0.2, 0.25) is 0 Å². The van der Waals surface area contributed by atoms with E-state index in [2.05, 4.69) is 0 Å². The second-order valence-corrected chi connectivity index (χ2v) is 7.46. The van der Waals surface area contributed by atoms with Crippen LogP contribution >= 0.6 is 0 Å². The van der Waals surface area contributed by atoms with Gasteiger partial charge in [-0.15, -0.1) is 0 Å². The van der Waals surface area contributed by atoms with Crippen LogP contribution in [0.15, 0.2) is 0 Å². The predicted molar refractivity (Wildman–Crippen MR) is 96.5 cm³/mol. The van der Waals surface area contributed by atoms with Crippen LogP contribution in [0.3, 0.4) is 0 Å². The molecule has 0 amide bonds. The summed E-state index contributed by atoms with van der Waals surface area (Å²) in [6.45, 7) is 3.38. The molecule has 0 aromatic heterocycles. The molecule has 0 saturated carbocycles. The van der Waals surface area contributed by atoms with Crippen molar-refractivity contribution in [2.75, 3.05) is 26.4 Å². The van der Waals surface area contributed by atoms with Crippen LogP contribution in [0.4, 0.5) is 0 Å². The molecule has 152 valence electrons. The first-order valence-corrected chi connectivity index (χ1v) is 10.7. The summed E-state index contributed by atoms with van der Waals surface area (Å²) in [5.74, 6) is 0. The Morgan fingerprint density at radius 1 is 0.385 bits per heavy atom. The van der Waals surface area contributed by atoms with E-state index < -0.39 is 0 Å². The van der Waals surface area contributed by atoms with Gasteiger partial charge in [-0.3, -0.25) is 0 Å². The predicted octanol–water partition coefficient (Wildman–Crippen LogP) is 4.11. The van der Waals surface area contributed by atoms with Gasteiger partial charge in [0.25, 0.3) is 0 Å². The molecular weight excluding hydrogens is 336 g/mol. The van der Waals surface area contributed by atoms with Crippen LogP contribution in [0.25, 0.3) is 0 Å². The molecule has 4 rings (SSSR count). The molecule has 4 saturated heterocycles. The van der Waals surface area contributed by atoms with E-state index in [-0.39, 0.29) is 25.2 Å². The van der Waals surface area contributed by atoms with Crippen LogP contribution in [-0.2, 0) is 28.4 Å². The third kappa shape index (κ3) is 7.79. The second-order valence-electron chi connectivity index (χ2n) is 7.46. The molecule has 0 N–H and O–H groups in total. The van der Waals surface area contributed by atoms with Crippen molar-refractivity contribution < 1.29 is 28.4 Å². The van der Waals surface area contributed by atoms with Crippen molar-refractivity contribution in [3.8, 4) is 0 Å². The average molecular weight is 373 g/mol. The topological polar surface area (TPSA) is 55.4 Å². The minimum atomic E-state index is -0.00292. The van der Waals surface area contributed by atoms with Crippen LogP contribution in [0.5, 0.6) is 0 Å². The maximum absolute atomic E-state index is 5.69. The highest BCUT2D eigenvalue weighted by molar-refractivity contribution is 4.60. The largest absolute Gasteiger partial charge is 0.353 e. The van der Waals surface area contributed by atoms with E-state index in [0.717, 1.165) is 52.1 Å². The van der Waals surface area contributed by atoms with Crippen molar-refractivity contribution in [2.24, 2.45) is 0 Å². The lowest BCUT2D eigenvalue weighted by atomic mass is 10.2. The van der Waals surface area contributed by atoms with Crippen LogP contribution in [0, 0.1) is 0 Å². The van der Waals surface area contributed by atoms with Gasteiger partial charge >= 0.3 is 0 Å². The summed E-state index contributed by atoms with van der Waals surface area (Å²) in [6, 6.07) is 0.